The van der Waals surface area contributed by atoms with Gasteiger partial charge in [0, 0.05) is 29.5 Å². The topological polar surface area (TPSA) is 81.8 Å². The van der Waals surface area contributed by atoms with Gasteiger partial charge in [0.25, 0.3) is 5.91 Å². The molecule has 2 aromatic rings. The Bertz CT molecular complexity index is 1090. The van der Waals surface area contributed by atoms with Crippen molar-refractivity contribution in [2.24, 2.45) is 5.41 Å². The van der Waals surface area contributed by atoms with Gasteiger partial charge in [-0.05, 0) is 42.5 Å². The second kappa shape index (κ2) is 10.7. The minimum Gasteiger partial charge on any atom is -0.349 e. The first-order valence-electron chi connectivity index (χ1n) is 12.5. The molecule has 1 spiro atoms. The lowest BCUT2D eigenvalue weighted by molar-refractivity contribution is -0.133. The highest BCUT2D eigenvalue weighted by Gasteiger charge is 2.52. The Morgan fingerprint density at radius 1 is 1.06 bits per heavy atom. The average Bonchev–Trinajstić information content (AvgIpc) is 3.07. The number of nitrogens with one attached hydrogen (secondary N) is 2. The van der Waals surface area contributed by atoms with Gasteiger partial charge in [-0.3, -0.25) is 14.5 Å². The maximum absolute atomic E-state index is 13.3. The largest absolute Gasteiger partial charge is 0.349 e. The van der Waals surface area contributed by atoms with Crippen LogP contribution in [0.25, 0.3) is 0 Å². The van der Waals surface area contributed by atoms with Gasteiger partial charge in [0.15, 0.2) is 0 Å². The molecule has 2 saturated heterocycles. The molecule has 2 aliphatic heterocycles. The highest BCUT2D eigenvalue weighted by molar-refractivity contribution is 9.10. The number of rotatable bonds is 7. The minimum atomic E-state index is -0.817. The SMILES string of the molecule is CC(C)(C)C(=O)NC(CCN1CCC2(CC1)NC(=O)N(Cc1ccc(Br)cc1)C2=O)c1ccccc1. The van der Waals surface area contributed by atoms with E-state index in [1.807, 2.05) is 75.4 Å². The van der Waals surface area contributed by atoms with E-state index in [1.54, 1.807) is 0 Å². The van der Waals surface area contributed by atoms with Crippen molar-refractivity contribution in [1.82, 2.24) is 20.4 Å². The van der Waals surface area contributed by atoms with Crippen LogP contribution in [-0.4, -0.2) is 52.8 Å². The zero-order valence-electron chi connectivity index (χ0n) is 21.2. The summed E-state index contributed by atoms with van der Waals surface area (Å²) in [6.45, 7) is 8.25. The molecule has 7 nitrogen and oxygen atoms in total. The number of halogens is 1. The number of hydrogen-bond donors (Lipinski definition) is 2. The Morgan fingerprint density at radius 3 is 2.31 bits per heavy atom. The molecular weight excluding hydrogens is 520 g/mol. The summed E-state index contributed by atoms with van der Waals surface area (Å²) in [5.74, 6) is -0.103. The molecule has 1 atom stereocenters. The maximum atomic E-state index is 13.3. The Balaban J connectivity index is 1.35. The van der Waals surface area contributed by atoms with E-state index in [0.29, 0.717) is 25.9 Å². The zero-order chi connectivity index (χ0) is 25.9. The summed E-state index contributed by atoms with van der Waals surface area (Å²) >= 11 is 3.41. The number of amides is 4. The summed E-state index contributed by atoms with van der Waals surface area (Å²) in [5, 5.41) is 6.22. The van der Waals surface area contributed by atoms with Crippen molar-refractivity contribution in [3.05, 3.63) is 70.2 Å². The maximum Gasteiger partial charge on any atom is 0.325 e. The monoisotopic (exact) mass is 554 g/mol. The van der Waals surface area contributed by atoms with E-state index in [4.69, 9.17) is 0 Å². The summed E-state index contributed by atoms with van der Waals surface area (Å²) in [4.78, 5) is 42.4. The van der Waals surface area contributed by atoms with E-state index < -0.39 is 11.0 Å². The highest BCUT2D eigenvalue weighted by atomic mass is 79.9. The number of urea groups is 1. The van der Waals surface area contributed by atoms with E-state index in [0.717, 1.165) is 28.6 Å². The van der Waals surface area contributed by atoms with Gasteiger partial charge in [-0.2, -0.15) is 0 Å². The van der Waals surface area contributed by atoms with Crippen LogP contribution in [0, 0.1) is 5.41 Å². The minimum absolute atomic E-state index is 0.0269. The van der Waals surface area contributed by atoms with Crippen molar-refractivity contribution in [2.45, 2.75) is 58.2 Å². The average molecular weight is 556 g/mol. The number of hydrogen-bond acceptors (Lipinski definition) is 4. The molecule has 0 aromatic heterocycles. The molecule has 2 fully saturated rings. The first kappa shape index (κ1) is 26.4. The quantitative estimate of drug-likeness (QED) is 0.489. The predicted molar refractivity (Wildman–Crippen MR) is 143 cm³/mol. The van der Waals surface area contributed by atoms with Crippen LogP contribution in [0.1, 0.15) is 57.2 Å². The van der Waals surface area contributed by atoms with Crippen LogP contribution in [0.15, 0.2) is 59.1 Å². The van der Waals surface area contributed by atoms with Crippen LogP contribution in [0.5, 0.6) is 0 Å². The first-order chi connectivity index (χ1) is 17.1. The molecule has 1 unspecified atom stereocenters. The fourth-order valence-electron chi connectivity index (χ4n) is 4.78. The fraction of sp³-hybridized carbons (Fsp3) is 0.464. The van der Waals surface area contributed by atoms with Crippen molar-refractivity contribution in [2.75, 3.05) is 19.6 Å². The van der Waals surface area contributed by atoms with Crippen LogP contribution in [0.4, 0.5) is 4.79 Å². The van der Waals surface area contributed by atoms with Crippen LogP contribution < -0.4 is 10.6 Å². The second-order valence-corrected chi connectivity index (χ2v) is 11.8. The van der Waals surface area contributed by atoms with Crippen molar-refractivity contribution in [3.8, 4) is 0 Å². The summed E-state index contributed by atoms with van der Waals surface area (Å²) < 4.78 is 0.958. The van der Waals surface area contributed by atoms with Gasteiger partial charge in [0.2, 0.25) is 5.91 Å². The standard InChI is InChI=1S/C28H35BrN4O3/c1-27(2,3)24(34)30-23(21-7-5-4-6-8-21)13-16-32-17-14-28(15-18-32)25(35)33(26(36)31-28)19-20-9-11-22(29)12-10-20/h4-12,23H,13-19H2,1-3H3,(H,30,34)(H,31,36). The lowest BCUT2D eigenvalue weighted by Crippen LogP contribution is -2.55. The van der Waals surface area contributed by atoms with Gasteiger partial charge >= 0.3 is 6.03 Å². The molecule has 36 heavy (non-hydrogen) atoms. The van der Waals surface area contributed by atoms with Crippen molar-refractivity contribution < 1.29 is 14.4 Å². The molecule has 0 saturated carbocycles. The lowest BCUT2D eigenvalue weighted by Gasteiger charge is -2.38. The molecule has 0 radical (unpaired) electrons. The second-order valence-electron chi connectivity index (χ2n) is 10.8. The Morgan fingerprint density at radius 2 is 1.69 bits per heavy atom. The molecule has 4 rings (SSSR count). The zero-order valence-corrected chi connectivity index (χ0v) is 22.8. The molecule has 0 aliphatic carbocycles. The van der Waals surface area contributed by atoms with Gasteiger partial charge in [-0.25, -0.2) is 4.79 Å². The highest BCUT2D eigenvalue weighted by Crippen LogP contribution is 2.31. The van der Waals surface area contributed by atoms with E-state index in [-0.39, 0.29) is 30.4 Å². The Labute approximate surface area is 221 Å². The van der Waals surface area contributed by atoms with Gasteiger partial charge in [-0.1, -0.05) is 79.2 Å². The number of nitrogens with zero attached hydrogens (tertiary/aromatic N) is 2. The Hall–Kier alpha value is -2.71. The van der Waals surface area contributed by atoms with Crippen LogP contribution in [0.3, 0.4) is 0 Å². The van der Waals surface area contributed by atoms with E-state index in [1.165, 1.54) is 4.90 Å². The molecule has 4 amide bonds. The molecule has 192 valence electrons. The summed E-state index contributed by atoms with van der Waals surface area (Å²) in [6.07, 6.45) is 1.94. The molecule has 0 bridgehead atoms. The molecule has 2 heterocycles. The number of benzene rings is 2. The van der Waals surface area contributed by atoms with Crippen LogP contribution in [0.2, 0.25) is 0 Å². The third kappa shape index (κ3) is 5.98. The normalized spacial score (nSPS) is 18.8. The first-order valence-corrected chi connectivity index (χ1v) is 13.3. The Kier molecular flexibility index (Phi) is 7.85. The number of piperidine rings is 1. The molecule has 8 heteroatoms. The third-order valence-electron chi connectivity index (χ3n) is 7.13. The van der Waals surface area contributed by atoms with E-state index >= 15 is 0 Å². The fourth-order valence-corrected chi connectivity index (χ4v) is 5.05. The van der Waals surface area contributed by atoms with Gasteiger partial charge < -0.3 is 15.5 Å². The smallest absolute Gasteiger partial charge is 0.325 e. The molecule has 2 N–H and O–H groups in total. The summed E-state index contributed by atoms with van der Waals surface area (Å²) in [7, 11) is 0. The van der Waals surface area contributed by atoms with Crippen molar-refractivity contribution in [3.63, 3.8) is 0 Å². The number of carbonyl (C=O) groups excluding carboxylic acids is 3. The van der Waals surface area contributed by atoms with E-state index in [2.05, 4.69) is 31.5 Å². The van der Waals surface area contributed by atoms with E-state index in [9.17, 15) is 14.4 Å². The summed E-state index contributed by atoms with van der Waals surface area (Å²) in [6, 6.07) is 17.3. The van der Waals surface area contributed by atoms with Crippen molar-refractivity contribution >= 4 is 33.8 Å². The number of imide groups is 1. The van der Waals surface area contributed by atoms with Gasteiger partial charge in [0.05, 0.1) is 12.6 Å². The molecule has 2 aliphatic rings. The van der Waals surface area contributed by atoms with Gasteiger partial charge in [0.1, 0.15) is 5.54 Å². The third-order valence-corrected chi connectivity index (χ3v) is 7.66. The van der Waals surface area contributed by atoms with Gasteiger partial charge in [-0.15, -0.1) is 0 Å². The lowest BCUT2D eigenvalue weighted by atomic mass is 9.87. The number of carbonyl (C=O) groups is 3. The predicted octanol–water partition coefficient (Wildman–Crippen LogP) is 4.63. The molecular formula is C28H35BrN4O3. The summed E-state index contributed by atoms with van der Waals surface area (Å²) in [5.41, 5.74) is 0.724. The van der Waals surface area contributed by atoms with Crippen LogP contribution in [-0.2, 0) is 16.1 Å². The number of likely N-dealkylation sites (tertiary alicyclic amines) is 1. The van der Waals surface area contributed by atoms with Crippen LogP contribution >= 0.6 is 15.9 Å². The molecule has 2 aromatic carbocycles. The van der Waals surface area contributed by atoms with Crippen molar-refractivity contribution in [1.29, 1.82) is 0 Å².